The van der Waals surface area contributed by atoms with Crippen molar-refractivity contribution in [1.82, 2.24) is 5.01 Å². The zero-order valence-electron chi connectivity index (χ0n) is 19.2. The number of methoxy groups -OCH3 is 1. The summed E-state index contributed by atoms with van der Waals surface area (Å²) in [7, 11) is 1.68. The molecule has 0 aromatic heterocycles. The molecule has 2 aliphatic heterocycles. The van der Waals surface area contributed by atoms with Crippen LogP contribution >= 0.6 is 0 Å². The maximum atomic E-state index is 6.57. The third-order valence-corrected chi connectivity index (χ3v) is 5.96. The lowest BCUT2D eigenvalue weighted by atomic mass is 9.95. The van der Waals surface area contributed by atoms with E-state index in [-0.39, 0.29) is 12.3 Å². The monoisotopic (exact) mass is 444 g/mol. The summed E-state index contributed by atoms with van der Waals surface area (Å²) in [5.74, 6) is 3.21. The maximum absolute atomic E-state index is 6.57. The first kappa shape index (κ1) is 21.2. The number of nitrogens with zero attached hydrogens (tertiary/aromatic N) is 2. The molecular weight excluding hydrogens is 416 g/mol. The Morgan fingerprint density at radius 3 is 2.48 bits per heavy atom. The normalized spacial score (nSPS) is 18.6. The van der Waals surface area contributed by atoms with Gasteiger partial charge in [0.1, 0.15) is 11.5 Å². The van der Waals surface area contributed by atoms with Gasteiger partial charge in [0.15, 0.2) is 11.5 Å². The van der Waals surface area contributed by atoms with Crippen LogP contribution in [0, 0.1) is 0 Å². The number of fused-ring (bicyclic) bond motifs is 3. The molecule has 0 aliphatic carbocycles. The first-order valence-electron chi connectivity index (χ1n) is 11.4. The average molecular weight is 445 g/mol. The Hall–Kier alpha value is -3.67. The highest BCUT2D eigenvalue weighted by Gasteiger charge is 2.42. The summed E-state index contributed by atoms with van der Waals surface area (Å²) in [6.45, 7) is 5.17. The molecule has 0 amide bonds. The predicted molar refractivity (Wildman–Crippen MR) is 127 cm³/mol. The fourth-order valence-corrected chi connectivity index (χ4v) is 4.45. The highest BCUT2D eigenvalue weighted by atomic mass is 16.5. The lowest BCUT2D eigenvalue weighted by molar-refractivity contribution is -0.0212. The van der Waals surface area contributed by atoms with Crippen LogP contribution in [0.25, 0.3) is 0 Å². The van der Waals surface area contributed by atoms with Crippen LogP contribution in [0.2, 0.25) is 0 Å². The van der Waals surface area contributed by atoms with Crippen LogP contribution in [-0.4, -0.2) is 31.0 Å². The van der Waals surface area contributed by atoms with Crippen molar-refractivity contribution >= 4 is 5.71 Å². The van der Waals surface area contributed by atoms with E-state index in [9.17, 15) is 0 Å². The molecule has 2 aliphatic rings. The minimum Gasteiger partial charge on any atom is -0.497 e. The Kier molecular flexibility index (Phi) is 5.82. The molecule has 6 nitrogen and oxygen atoms in total. The summed E-state index contributed by atoms with van der Waals surface area (Å²) >= 11 is 0. The van der Waals surface area contributed by atoms with Crippen LogP contribution in [0.5, 0.6) is 23.0 Å². The Balaban J connectivity index is 1.57. The summed E-state index contributed by atoms with van der Waals surface area (Å²) in [6, 6.07) is 22.2. The zero-order valence-corrected chi connectivity index (χ0v) is 19.2. The van der Waals surface area contributed by atoms with Crippen molar-refractivity contribution in [3.8, 4) is 23.0 Å². The Labute approximate surface area is 194 Å². The quantitative estimate of drug-likeness (QED) is 0.465. The van der Waals surface area contributed by atoms with Crippen molar-refractivity contribution in [2.45, 2.75) is 32.5 Å². The number of hydrogen-bond donors (Lipinski definition) is 0. The van der Waals surface area contributed by atoms with Crippen molar-refractivity contribution in [3.05, 3.63) is 83.4 Å². The van der Waals surface area contributed by atoms with E-state index in [4.69, 9.17) is 24.0 Å². The maximum Gasteiger partial charge on any atom is 0.214 e. The summed E-state index contributed by atoms with van der Waals surface area (Å²) in [5, 5.41) is 7.12. The van der Waals surface area contributed by atoms with E-state index in [1.54, 1.807) is 7.11 Å². The van der Waals surface area contributed by atoms with E-state index in [2.05, 4.69) is 17.1 Å². The number of hydrogen-bond acceptors (Lipinski definition) is 6. The van der Waals surface area contributed by atoms with Gasteiger partial charge in [-0.2, -0.15) is 5.10 Å². The molecule has 2 atom stereocenters. The third kappa shape index (κ3) is 3.97. The van der Waals surface area contributed by atoms with Gasteiger partial charge in [-0.25, -0.2) is 5.01 Å². The van der Waals surface area contributed by atoms with Crippen LogP contribution in [0.4, 0.5) is 0 Å². The molecule has 0 saturated carbocycles. The van der Waals surface area contributed by atoms with Gasteiger partial charge in [-0.05, 0) is 56.3 Å². The van der Waals surface area contributed by atoms with Gasteiger partial charge in [0, 0.05) is 23.1 Å². The van der Waals surface area contributed by atoms with Gasteiger partial charge < -0.3 is 18.9 Å². The molecule has 3 aromatic carbocycles. The molecular formula is C27H28N2O4. The molecule has 33 heavy (non-hydrogen) atoms. The summed E-state index contributed by atoms with van der Waals surface area (Å²) < 4.78 is 23.5. The van der Waals surface area contributed by atoms with Gasteiger partial charge in [0.25, 0.3) is 0 Å². The smallest absolute Gasteiger partial charge is 0.214 e. The SMILES string of the molecule is CCOc1ccc([C@@H]2Oc3c(OCC)cccc3[C@H]3CC(c4cccc(OC)c4)=NN32)cc1. The number of para-hydroxylation sites is 1. The highest BCUT2D eigenvalue weighted by Crippen LogP contribution is 2.50. The Morgan fingerprint density at radius 2 is 1.73 bits per heavy atom. The topological polar surface area (TPSA) is 52.5 Å². The van der Waals surface area contributed by atoms with Crippen molar-refractivity contribution in [2.24, 2.45) is 5.10 Å². The van der Waals surface area contributed by atoms with Gasteiger partial charge >= 0.3 is 0 Å². The fourth-order valence-electron chi connectivity index (χ4n) is 4.45. The molecule has 170 valence electrons. The molecule has 0 spiro atoms. The molecule has 6 heteroatoms. The first-order chi connectivity index (χ1) is 16.2. The molecule has 0 N–H and O–H groups in total. The van der Waals surface area contributed by atoms with E-state index in [0.717, 1.165) is 51.8 Å². The van der Waals surface area contributed by atoms with Gasteiger partial charge in [-0.3, -0.25) is 0 Å². The molecule has 3 aromatic rings. The molecule has 0 saturated heterocycles. The largest absolute Gasteiger partial charge is 0.497 e. The van der Waals surface area contributed by atoms with E-state index >= 15 is 0 Å². The number of rotatable bonds is 7. The van der Waals surface area contributed by atoms with Crippen LogP contribution in [-0.2, 0) is 0 Å². The number of benzene rings is 3. The highest BCUT2D eigenvalue weighted by molar-refractivity contribution is 6.02. The van der Waals surface area contributed by atoms with E-state index in [1.165, 1.54) is 0 Å². The lowest BCUT2D eigenvalue weighted by Crippen LogP contribution is -2.33. The average Bonchev–Trinajstić information content (AvgIpc) is 3.31. The van der Waals surface area contributed by atoms with Crippen LogP contribution in [0.1, 0.15) is 49.2 Å². The second-order valence-electron chi connectivity index (χ2n) is 7.96. The Morgan fingerprint density at radius 1 is 0.939 bits per heavy atom. The second-order valence-corrected chi connectivity index (χ2v) is 7.96. The van der Waals surface area contributed by atoms with Gasteiger partial charge in [0.05, 0.1) is 32.1 Å². The van der Waals surface area contributed by atoms with Crippen LogP contribution < -0.4 is 18.9 Å². The molecule has 0 radical (unpaired) electrons. The van der Waals surface area contributed by atoms with Gasteiger partial charge in [-0.15, -0.1) is 0 Å². The second kappa shape index (κ2) is 9.06. The Bertz CT molecular complexity index is 1160. The number of ether oxygens (including phenoxy) is 4. The standard InChI is InChI=1S/C27H28N2O4/c1-4-31-20-14-12-18(13-15-20)27-29-24(22-10-7-11-25(32-5-2)26(22)33-27)17-23(28-29)19-8-6-9-21(16-19)30-3/h6-16,24,27H,4-5,17H2,1-3H3/t24-,27+/m1/s1. The van der Waals surface area contributed by atoms with Crippen molar-refractivity contribution < 1.29 is 18.9 Å². The van der Waals surface area contributed by atoms with Crippen molar-refractivity contribution in [1.29, 1.82) is 0 Å². The summed E-state index contributed by atoms with van der Waals surface area (Å²) in [6.07, 6.45) is 0.398. The van der Waals surface area contributed by atoms with Gasteiger partial charge in [-0.1, -0.05) is 24.3 Å². The first-order valence-corrected chi connectivity index (χ1v) is 11.4. The fraction of sp³-hybridized carbons (Fsp3) is 0.296. The lowest BCUT2D eigenvalue weighted by Gasteiger charge is -2.38. The van der Waals surface area contributed by atoms with Gasteiger partial charge in [0.2, 0.25) is 6.23 Å². The number of hydrazone groups is 1. The van der Waals surface area contributed by atoms with Crippen molar-refractivity contribution in [2.75, 3.05) is 20.3 Å². The molecule has 2 heterocycles. The van der Waals surface area contributed by atoms with E-state index in [1.807, 2.05) is 68.4 Å². The molecule has 0 bridgehead atoms. The molecule has 5 rings (SSSR count). The summed E-state index contributed by atoms with van der Waals surface area (Å²) in [4.78, 5) is 0. The third-order valence-electron chi connectivity index (χ3n) is 5.96. The zero-order chi connectivity index (χ0) is 22.8. The van der Waals surface area contributed by atoms with Crippen LogP contribution in [0.15, 0.2) is 71.8 Å². The van der Waals surface area contributed by atoms with E-state index in [0.29, 0.717) is 13.2 Å². The molecule has 0 unspecified atom stereocenters. The predicted octanol–water partition coefficient (Wildman–Crippen LogP) is 5.73. The van der Waals surface area contributed by atoms with Crippen LogP contribution in [0.3, 0.4) is 0 Å². The van der Waals surface area contributed by atoms with Crippen molar-refractivity contribution in [3.63, 3.8) is 0 Å². The summed E-state index contributed by atoms with van der Waals surface area (Å²) in [5.41, 5.74) is 4.16. The molecule has 0 fully saturated rings. The minimum absolute atomic E-state index is 0.0481. The minimum atomic E-state index is -0.372. The van der Waals surface area contributed by atoms with E-state index < -0.39 is 0 Å².